The van der Waals surface area contributed by atoms with E-state index < -0.39 is 0 Å². The Hall–Kier alpha value is -2.33. The molecular weight excluding hydrogens is 310 g/mol. The van der Waals surface area contributed by atoms with Gasteiger partial charge in [-0.25, -0.2) is 4.98 Å². The zero-order valence-electron chi connectivity index (χ0n) is 12.7. The summed E-state index contributed by atoms with van der Waals surface area (Å²) in [5.74, 6) is 0.293. The van der Waals surface area contributed by atoms with Gasteiger partial charge < -0.3 is 10.2 Å². The number of rotatable bonds is 4. The Bertz CT molecular complexity index is 709. The van der Waals surface area contributed by atoms with Crippen molar-refractivity contribution >= 4 is 35.1 Å². The number of anilines is 2. The Morgan fingerprint density at radius 1 is 1.22 bits per heavy atom. The van der Waals surface area contributed by atoms with E-state index in [-0.39, 0.29) is 5.91 Å². The summed E-state index contributed by atoms with van der Waals surface area (Å²) < 4.78 is 0. The van der Waals surface area contributed by atoms with E-state index in [0.29, 0.717) is 10.8 Å². The molecule has 2 aromatic rings. The van der Waals surface area contributed by atoms with Crippen molar-refractivity contribution in [2.75, 3.05) is 23.3 Å². The van der Waals surface area contributed by atoms with E-state index in [9.17, 15) is 4.79 Å². The van der Waals surface area contributed by atoms with Gasteiger partial charge in [-0.2, -0.15) is 0 Å². The minimum Gasteiger partial charge on any atom is -0.371 e. The van der Waals surface area contributed by atoms with Crippen molar-refractivity contribution in [1.29, 1.82) is 0 Å². The van der Waals surface area contributed by atoms with Crippen LogP contribution in [0.5, 0.6) is 0 Å². The van der Waals surface area contributed by atoms with E-state index in [1.54, 1.807) is 24.4 Å². The van der Waals surface area contributed by atoms with Gasteiger partial charge in [0.25, 0.3) is 0 Å². The molecule has 3 rings (SSSR count). The van der Waals surface area contributed by atoms with Crippen LogP contribution in [0.2, 0.25) is 5.02 Å². The van der Waals surface area contributed by atoms with Crippen molar-refractivity contribution < 1.29 is 4.79 Å². The molecule has 1 N–H and O–H groups in total. The summed E-state index contributed by atoms with van der Waals surface area (Å²) in [7, 11) is 0. The van der Waals surface area contributed by atoms with E-state index in [2.05, 4.69) is 15.2 Å². The highest BCUT2D eigenvalue weighted by Gasteiger charge is 2.13. The molecule has 1 fully saturated rings. The van der Waals surface area contributed by atoms with Crippen molar-refractivity contribution in [3.05, 3.63) is 59.3 Å². The number of carbonyl (C=O) groups is 1. The molecule has 0 bridgehead atoms. The van der Waals surface area contributed by atoms with Crippen LogP contribution in [0, 0.1) is 0 Å². The van der Waals surface area contributed by atoms with Gasteiger partial charge in [-0.05, 0) is 48.7 Å². The Labute approximate surface area is 140 Å². The topological polar surface area (TPSA) is 45.2 Å². The van der Waals surface area contributed by atoms with Crippen LogP contribution in [0.3, 0.4) is 0 Å². The van der Waals surface area contributed by atoms with Crippen LogP contribution in [0.25, 0.3) is 6.08 Å². The smallest absolute Gasteiger partial charge is 0.249 e. The van der Waals surface area contributed by atoms with Crippen molar-refractivity contribution in [3.8, 4) is 0 Å². The van der Waals surface area contributed by atoms with Gasteiger partial charge >= 0.3 is 0 Å². The Morgan fingerprint density at radius 3 is 2.74 bits per heavy atom. The predicted molar refractivity (Wildman–Crippen MR) is 94.8 cm³/mol. The van der Waals surface area contributed by atoms with Gasteiger partial charge in [-0.15, -0.1) is 0 Å². The second-order valence-electron chi connectivity index (χ2n) is 5.44. The maximum Gasteiger partial charge on any atom is 0.249 e. The van der Waals surface area contributed by atoms with Crippen LogP contribution >= 0.6 is 11.6 Å². The first-order chi connectivity index (χ1) is 11.2. The quantitative estimate of drug-likeness (QED) is 0.864. The van der Waals surface area contributed by atoms with Crippen molar-refractivity contribution in [3.63, 3.8) is 0 Å². The fourth-order valence-electron chi connectivity index (χ4n) is 2.59. The Kier molecular flexibility index (Phi) is 4.93. The van der Waals surface area contributed by atoms with Crippen LogP contribution < -0.4 is 10.2 Å². The first-order valence-corrected chi connectivity index (χ1v) is 8.05. The molecular formula is C18H18ClN3O. The van der Waals surface area contributed by atoms with Crippen LogP contribution in [0.1, 0.15) is 18.4 Å². The van der Waals surface area contributed by atoms with Crippen molar-refractivity contribution in [2.45, 2.75) is 12.8 Å². The van der Waals surface area contributed by atoms with Crippen molar-refractivity contribution in [1.82, 2.24) is 4.98 Å². The molecule has 0 saturated carbocycles. The highest BCUT2D eigenvalue weighted by atomic mass is 35.5. The van der Waals surface area contributed by atoms with Crippen LogP contribution in [-0.4, -0.2) is 24.0 Å². The second kappa shape index (κ2) is 7.29. The van der Waals surface area contributed by atoms with Gasteiger partial charge in [0.1, 0.15) is 5.82 Å². The second-order valence-corrected chi connectivity index (χ2v) is 5.84. The molecule has 1 aromatic carbocycles. The highest BCUT2D eigenvalue weighted by molar-refractivity contribution is 6.32. The maximum absolute atomic E-state index is 11.9. The molecule has 4 nitrogen and oxygen atoms in total. The lowest BCUT2D eigenvalue weighted by molar-refractivity contribution is -0.111. The summed E-state index contributed by atoms with van der Waals surface area (Å²) in [6.45, 7) is 2.16. The molecule has 0 unspecified atom stereocenters. The zero-order valence-corrected chi connectivity index (χ0v) is 13.5. The van der Waals surface area contributed by atoms with E-state index >= 15 is 0 Å². The lowest BCUT2D eigenvalue weighted by Gasteiger charge is -2.18. The lowest BCUT2D eigenvalue weighted by Crippen LogP contribution is -2.17. The molecule has 1 amide bonds. The third kappa shape index (κ3) is 4.11. The SMILES string of the molecule is O=C(/C=C/c1ccc(N2CCCC2)cc1Cl)Nc1ccccn1. The number of nitrogens with one attached hydrogen (secondary N) is 1. The van der Waals surface area contributed by atoms with Crippen LogP contribution in [0.4, 0.5) is 11.5 Å². The van der Waals surface area contributed by atoms with Crippen molar-refractivity contribution in [2.24, 2.45) is 0 Å². The number of pyridine rings is 1. The molecule has 1 saturated heterocycles. The zero-order chi connectivity index (χ0) is 16.1. The monoisotopic (exact) mass is 327 g/mol. The van der Waals surface area contributed by atoms with Gasteiger partial charge in [-0.1, -0.05) is 23.7 Å². The molecule has 0 aliphatic carbocycles. The summed E-state index contributed by atoms with van der Waals surface area (Å²) in [6, 6.07) is 11.3. The highest BCUT2D eigenvalue weighted by Crippen LogP contribution is 2.27. The van der Waals surface area contributed by atoms with Gasteiger partial charge in [-0.3, -0.25) is 4.79 Å². The minimum atomic E-state index is -0.233. The third-order valence-corrected chi connectivity index (χ3v) is 4.11. The lowest BCUT2D eigenvalue weighted by atomic mass is 10.1. The van der Waals surface area contributed by atoms with Crippen LogP contribution in [-0.2, 0) is 4.79 Å². The van der Waals surface area contributed by atoms with E-state index in [0.717, 1.165) is 24.3 Å². The summed E-state index contributed by atoms with van der Waals surface area (Å²) in [5, 5.41) is 3.35. The fourth-order valence-corrected chi connectivity index (χ4v) is 2.83. The number of hydrogen-bond acceptors (Lipinski definition) is 3. The minimum absolute atomic E-state index is 0.233. The van der Waals surface area contributed by atoms with E-state index in [1.165, 1.54) is 18.9 Å². The third-order valence-electron chi connectivity index (χ3n) is 3.79. The van der Waals surface area contributed by atoms with Gasteiger partial charge in [0.15, 0.2) is 0 Å². The molecule has 0 atom stereocenters. The summed E-state index contributed by atoms with van der Waals surface area (Å²) in [6.07, 6.45) is 7.27. The number of halogens is 1. The van der Waals surface area contributed by atoms with Gasteiger partial charge in [0, 0.05) is 36.1 Å². The number of carbonyl (C=O) groups excluding carboxylic acids is 1. The summed E-state index contributed by atoms with van der Waals surface area (Å²) in [5.41, 5.74) is 1.97. The molecule has 2 heterocycles. The van der Waals surface area contributed by atoms with Crippen LogP contribution in [0.15, 0.2) is 48.7 Å². The Balaban J connectivity index is 1.66. The van der Waals surface area contributed by atoms with Gasteiger partial charge in [0.05, 0.1) is 0 Å². The first kappa shape index (κ1) is 15.6. The predicted octanol–water partition coefficient (Wildman–Crippen LogP) is 3.99. The number of amides is 1. The average molecular weight is 328 g/mol. The molecule has 1 aliphatic rings. The Morgan fingerprint density at radius 2 is 2.04 bits per heavy atom. The summed E-state index contributed by atoms with van der Waals surface area (Å²) in [4.78, 5) is 18.3. The molecule has 23 heavy (non-hydrogen) atoms. The summed E-state index contributed by atoms with van der Waals surface area (Å²) >= 11 is 6.33. The molecule has 118 valence electrons. The normalized spacial score (nSPS) is 14.4. The molecule has 1 aliphatic heterocycles. The average Bonchev–Trinajstić information content (AvgIpc) is 3.09. The molecule has 5 heteroatoms. The number of aromatic nitrogens is 1. The van der Waals surface area contributed by atoms with Gasteiger partial charge in [0.2, 0.25) is 5.91 Å². The number of nitrogens with zero attached hydrogens (tertiary/aromatic N) is 2. The number of benzene rings is 1. The van der Waals surface area contributed by atoms with E-state index in [4.69, 9.17) is 11.6 Å². The molecule has 0 spiro atoms. The first-order valence-electron chi connectivity index (χ1n) is 7.67. The standard InChI is InChI=1S/C18H18ClN3O/c19-16-13-15(22-11-3-4-12-22)8-6-14(16)7-9-18(23)21-17-5-1-2-10-20-17/h1-2,5-10,13H,3-4,11-12H2,(H,20,21,23)/b9-7+. The maximum atomic E-state index is 11.9. The van der Waals surface area contributed by atoms with E-state index in [1.807, 2.05) is 24.3 Å². The molecule has 1 aromatic heterocycles. The largest absolute Gasteiger partial charge is 0.371 e. The molecule has 0 radical (unpaired) electrons. The number of hydrogen-bond donors (Lipinski definition) is 1. The fraction of sp³-hybridized carbons (Fsp3) is 0.222.